The summed E-state index contributed by atoms with van der Waals surface area (Å²) < 4.78 is 3.93. The summed E-state index contributed by atoms with van der Waals surface area (Å²) in [4.78, 5) is 0. The van der Waals surface area contributed by atoms with Gasteiger partial charge in [-0.1, -0.05) is 80.3 Å². The van der Waals surface area contributed by atoms with Gasteiger partial charge in [0.25, 0.3) is 0 Å². The lowest BCUT2D eigenvalue weighted by molar-refractivity contribution is 1.38. The molecular weight excluding hydrogens is 250 g/mol. The average Bonchev–Trinajstić information content (AvgIpc) is 2.37. The molecule has 0 unspecified atom stereocenters. The highest BCUT2D eigenvalue weighted by Crippen LogP contribution is 1.98. The lowest BCUT2D eigenvalue weighted by Crippen LogP contribution is -2.62. The van der Waals surface area contributed by atoms with Crippen molar-refractivity contribution in [2.75, 3.05) is 0 Å². The zero-order valence-electron chi connectivity index (χ0n) is 11.3. The highest BCUT2D eigenvalue weighted by Gasteiger charge is 2.24. The van der Waals surface area contributed by atoms with E-state index in [0.717, 1.165) is 0 Å². The fraction of sp³-hybridized carbons (Fsp3) is 0.200. The van der Waals surface area contributed by atoms with E-state index in [0.29, 0.717) is 0 Å². The number of nitrogens with one attached hydrogen (secondary N) is 1. The third kappa shape index (κ3) is 3.66. The largest absolute Gasteiger partial charge is 0.353 e. The molecule has 3 heteroatoms. The van der Waals surface area contributed by atoms with E-state index in [1.54, 1.807) is 0 Å². The first-order valence-electron chi connectivity index (χ1n) is 6.32. The fourth-order valence-electron chi connectivity index (χ4n) is 1.90. The molecule has 0 saturated carbocycles. The second kappa shape index (κ2) is 5.65. The topological polar surface area (TPSA) is 12.0 Å². The van der Waals surface area contributed by atoms with Gasteiger partial charge in [0, 0.05) is 0 Å². The van der Waals surface area contributed by atoms with E-state index in [1.165, 1.54) is 10.4 Å². The molecule has 0 bridgehead atoms. The number of hydrogen-bond acceptors (Lipinski definition) is 1. The van der Waals surface area contributed by atoms with Gasteiger partial charge in [-0.15, -0.1) is 0 Å². The Bertz CT molecular complexity index is 437. The monoisotopic (exact) mass is 270 g/mol. The lowest BCUT2D eigenvalue weighted by atomic mass is 10.4. The second-order valence-corrected chi connectivity index (χ2v) is 12.9. The van der Waals surface area contributed by atoms with E-state index >= 15 is 0 Å². The van der Waals surface area contributed by atoms with Crippen molar-refractivity contribution in [2.45, 2.75) is 19.6 Å². The van der Waals surface area contributed by atoms with Crippen LogP contribution in [0.1, 0.15) is 0 Å². The van der Waals surface area contributed by atoms with Crippen LogP contribution in [0.2, 0.25) is 19.6 Å². The van der Waals surface area contributed by atoms with Crippen molar-refractivity contribution < 1.29 is 0 Å². The van der Waals surface area contributed by atoms with Crippen LogP contribution in [0.4, 0.5) is 0 Å². The van der Waals surface area contributed by atoms with Crippen LogP contribution in [-0.2, 0) is 0 Å². The van der Waals surface area contributed by atoms with Crippen molar-refractivity contribution in [2.24, 2.45) is 0 Å². The fourth-order valence-corrected chi connectivity index (χ4v) is 7.44. The Hall–Kier alpha value is -1.17. The molecule has 0 saturated heterocycles. The number of benzene rings is 2. The summed E-state index contributed by atoms with van der Waals surface area (Å²) in [5.74, 6) is 0. The molecule has 0 fully saturated rings. The van der Waals surface area contributed by atoms with Crippen molar-refractivity contribution in [1.82, 2.24) is 4.65 Å². The molecule has 0 aliphatic heterocycles. The van der Waals surface area contributed by atoms with Crippen molar-refractivity contribution in [3.8, 4) is 0 Å². The Balaban J connectivity index is 2.36. The van der Waals surface area contributed by atoms with Crippen LogP contribution in [0, 0.1) is 0 Å². The van der Waals surface area contributed by atoms with Gasteiger partial charge in [0.1, 0.15) is 8.24 Å². The molecule has 0 aromatic heterocycles. The van der Waals surface area contributed by atoms with Crippen molar-refractivity contribution in [1.29, 1.82) is 0 Å². The Morgan fingerprint density at radius 1 is 0.722 bits per heavy atom. The summed E-state index contributed by atoms with van der Waals surface area (Å²) in [6.07, 6.45) is 0. The highest BCUT2D eigenvalue weighted by atomic mass is 28.4. The van der Waals surface area contributed by atoms with Gasteiger partial charge in [-0.25, -0.2) is 0 Å². The molecule has 2 rings (SSSR count). The molecule has 0 aliphatic carbocycles. The quantitative estimate of drug-likeness (QED) is 0.840. The van der Waals surface area contributed by atoms with Gasteiger partial charge in [-0.3, -0.25) is 0 Å². The summed E-state index contributed by atoms with van der Waals surface area (Å²) in [6.45, 7) is 7.09. The molecule has 93 valence electrons. The van der Waals surface area contributed by atoms with E-state index in [1.807, 2.05) is 0 Å². The van der Waals surface area contributed by atoms with E-state index in [9.17, 15) is 0 Å². The van der Waals surface area contributed by atoms with Crippen LogP contribution in [0.15, 0.2) is 60.7 Å². The van der Waals surface area contributed by atoms with Crippen LogP contribution < -0.4 is 15.0 Å². The van der Waals surface area contributed by atoms with Crippen LogP contribution in [0.25, 0.3) is 0 Å². The van der Waals surface area contributed by atoms with E-state index in [4.69, 9.17) is 0 Å². The number of rotatable bonds is 4. The van der Waals surface area contributed by atoms with Gasteiger partial charge >= 0.3 is 0 Å². The van der Waals surface area contributed by atoms with Crippen LogP contribution in [-0.4, -0.2) is 17.2 Å². The first-order valence-corrected chi connectivity index (χ1v) is 11.3. The van der Waals surface area contributed by atoms with E-state index in [-0.39, 0.29) is 0 Å². The molecule has 1 radical (unpaired) electrons. The summed E-state index contributed by atoms with van der Waals surface area (Å²) >= 11 is 0. The Labute approximate surface area is 113 Å². The molecule has 1 nitrogen and oxygen atoms in total. The zero-order valence-corrected chi connectivity index (χ0v) is 13.3. The molecule has 18 heavy (non-hydrogen) atoms. The zero-order chi connectivity index (χ0) is 13.0. The third-order valence-electron chi connectivity index (χ3n) is 2.62. The Kier molecular flexibility index (Phi) is 4.16. The van der Waals surface area contributed by atoms with Crippen LogP contribution in [0.3, 0.4) is 0 Å². The Morgan fingerprint density at radius 3 is 1.44 bits per heavy atom. The van der Waals surface area contributed by atoms with Crippen LogP contribution >= 0.6 is 0 Å². The molecule has 2 aromatic rings. The predicted molar refractivity (Wildman–Crippen MR) is 84.4 cm³/mol. The smallest absolute Gasteiger partial charge is 0.199 e. The number of hydrogen-bond donors (Lipinski definition) is 1. The Morgan fingerprint density at radius 2 is 1.11 bits per heavy atom. The van der Waals surface area contributed by atoms with Gasteiger partial charge in [0.2, 0.25) is 0 Å². The van der Waals surface area contributed by atoms with Crippen molar-refractivity contribution in [3.63, 3.8) is 0 Å². The molecule has 0 heterocycles. The van der Waals surface area contributed by atoms with Gasteiger partial charge in [0.15, 0.2) is 8.96 Å². The van der Waals surface area contributed by atoms with Gasteiger partial charge in [-0.2, -0.15) is 0 Å². The normalized spacial score (nSPS) is 11.8. The minimum Gasteiger partial charge on any atom is -0.353 e. The second-order valence-electron chi connectivity index (χ2n) is 5.48. The molecule has 1 N–H and O–H groups in total. The maximum absolute atomic E-state index is 3.93. The van der Waals surface area contributed by atoms with Crippen molar-refractivity contribution in [3.05, 3.63) is 60.7 Å². The molecule has 2 aromatic carbocycles. The first kappa shape index (κ1) is 13.3. The molecule has 0 atom stereocenters. The van der Waals surface area contributed by atoms with Crippen molar-refractivity contribution >= 4 is 27.6 Å². The van der Waals surface area contributed by atoms with Gasteiger partial charge in [0.05, 0.1) is 0 Å². The molecular formula is C15H20NSi2. The lowest BCUT2D eigenvalue weighted by Gasteiger charge is -2.26. The SMILES string of the molecule is C[Si](C)(C)N[Si](c1ccccc1)c1ccccc1. The highest BCUT2D eigenvalue weighted by molar-refractivity contribution is 6.94. The first-order chi connectivity index (χ1) is 8.56. The molecule has 0 aliphatic rings. The van der Waals surface area contributed by atoms with Gasteiger partial charge < -0.3 is 4.65 Å². The predicted octanol–water partition coefficient (Wildman–Crippen LogP) is 2.22. The third-order valence-corrected chi connectivity index (χ3v) is 8.45. The molecule has 0 amide bonds. The molecule has 0 spiro atoms. The maximum atomic E-state index is 3.93. The van der Waals surface area contributed by atoms with E-state index in [2.05, 4.69) is 85.0 Å². The summed E-state index contributed by atoms with van der Waals surface area (Å²) in [5.41, 5.74) is 0. The average molecular weight is 271 g/mol. The van der Waals surface area contributed by atoms with Gasteiger partial charge in [-0.05, 0) is 10.4 Å². The van der Waals surface area contributed by atoms with Crippen LogP contribution in [0.5, 0.6) is 0 Å². The maximum Gasteiger partial charge on any atom is 0.199 e. The summed E-state index contributed by atoms with van der Waals surface area (Å²) in [6, 6.07) is 21.7. The minimum absolute atomic E-state index is 0.845. The summed E-state index contributed by atoms with van der Waals surface area (Å²) in [7, 11) is -2.14. The van der Waals surface area contributed by atoms with E-state index < -0.39 is 17.2 Å². The minimum atomic E-state index is -1.29. The standard InChI is InChI=1S/C15H20NSi2/c1-18(2,3)16-17(14-10-6-4-7-11-14)15-12-8-5-9-13-15/h4-13,16H,1-3H3. The summed E-state index contributed by atoms with van der Waals surface area (Å²) in [5, 5.41) is 2.88.